The fraction of sp³-hybridized carbons (Fsp3) is 0.500. The van der Waals surface area contributed by atoms with Crippen LogP contribution in [0.2, 0.25) is 0 Å². The molecule has 1 heterocycles. The largest absolute Gasteiger partial charge is 2.00 e. The molecule has 0 radical (unpaired) electrons. The molecule has 2 atom stereocenters. The number of aliphatic hydroxyl groups excluding tert-OH is 3. The normalized spacial score (nSPS) is 21.9. The van der Waals surface area contributed by atoms with E-state index in [4.69, 9.17) is 10.2 Å². The van der Waals surface area contributed by atoms with Gasteiger partial charge in [0.25, 0.3) is 5.76 Å². The average molecular weight is 294 g/mol. The zero-order chi connectivity index (χ0) is 12.5. The second-order valence-electron chi connectivity index (χ2n) is 2.83. The number of rotatable bonds is 4. The van der Waals surface area contributed by atoms with Gasteiger partial charge in [0.05, 0.1) is 6.61 Å². The van der Waals surface area contributed by atoms with Gasteiger partial charge >= 0.3 is 43.7 Å². The smallest absolute Gasteiger partial charge is 0.780 e. The van der Waals surface area contributed by atoms with E-state index in [1.54, 1.807) is 0 Å². The molecule has 0 saturated carbocycles. The monoisotopic (exact) mass is 294 g/mol. The van der Waals surface area contributed by atoms with E-state index in [0.717, 1.165) is 0 Å². The summed E-state index contributed by atoms with van der Waals surface area (Å²) in [5, 5.41) is 26.8. The average Bonchev–Trinajstić information content (AvgIpc) is 2.42. The predicted molar refractivity (Wildman–Crippen MR) is 47.1 cm³/mol. The van der Waals surface area contributed by atoms with Crippen LogP contribution in [0, 0.1) is 0 Å². The SMILES string of the molecule is O=C1OC(C(O)CO)C(O)=C1OP(=O)([O-])[O-].[Ca+2]. The van der Waals surface area contributed by atoms with Gasteiger partial charge in [-0.2, -0.15) is 0 Å². The van der Waals surface area contributed by atoms with Crippen molar-refractivity contribution in [3.05, 3.63) is 11.5 Å². The Balaban J connectivity index is 0.00000256. The molecular weight excluding hydrogens is 287 g/mol. The summed E-state index contributed by atoms with van der Waals surface area (Å²) in [6.07, 6.45) is -3.30. The van der Waals surface area contributed by atoms with Crippen LogP contribution in [-0.2, 0) is 18.6 Å². The summed E-state index contributed by atoms with van der Waals surface area (Å²) >= 11 is 0. The number of phosphoric ester groups is 1. The van der Waals surface area contributed by atoms with Crippen LogP contribution in [-0.4, -0.2) is 77.8 Å². The first-order chi connectivity index (χ1) is 7.26. The number of hydrogen-bond acceptors (Lipinski definition) is 9. The van der Waals surface area contributed by atoms with Crippen molar-refractivity contribution in [2.75, 3.05) is 6.61 Å². The second-order valence-corrected chi connectivity index (χ2v) is 3.91. The van der Waals surface area contributed by atoms with E-state index in [0.29, 0.717) is 0 Å². The molecule has 3 N–H and O–H groups in total. The molecule has 0 amide bonds. The van der Waals surface area contributed by atoms with E-state index in [-0.39, 0.29) is 37.7 Å². The maximum Gasteiger partial charge on any atom is 2.00 e. The summed E-state index contributed by atoms with van der Waals surface area (Å²) < 4.78 is 18.2. The van der Waals surface area contributed by atoms with Gasteiger partial charge in [0.2, 0.25) is 0 Å². The molecule has 0 aromatic heterocycles. The van der Waals surface area contributed by atoms with Crippen molar-refractivity contribution in [3.8, 4) is 0 Å². The van der Waals surface area contributed by atoms with Crippen LogP contribution in [0.15, 0.2) is 11.5 Å². The van der Waals surface area contributed by atoms with Gasteiger partial charge in [-0.3, -0.25) is 0 Å². The Morgan fingerprint density at radius 1 is 1.53 bits per heavy atom. The first-order valence-corrected chi connectivity index (χ1v) is 5.37. The van der Waals surface area contributed by atoms with Crippen LogP contribution in [0.1, 0.15) is 0 Å². The summed E-state index contributed by atoms with van der Waals surface area (Å²) in [7, 11) is -5.52. The Hall–Kier alpha value is 0.140. The molecule has 0 saturated heterocycles. The quantitative estimate of drug-likeness (QED) is 0.271. The Labute approximate surface area is 125 Å². The van der Waals surface area contributed by atoms with Crippen molar-refractivity contribution in [2.24, 2.45) is 0 Å². The molecule has 0 spiro atoms. The molecule has 0 bridgehead atoms. The number of esters is 1. The molecule has 92 valence electrons. The van der Waals surface area contributed by atoms with Gasteiger partial charge in [-0.15, -0.1) is 0 Å². The van der Waals surface area contributed by atoms with Crippen LogP contribution >= 0.6 is 7.82 Å². The maximum absolute atomic E-state index is 10.9. The molecule has 11 heteroatoms. The first kappa shape index (κ1) is 17.1. The van der Waals surface area contributed by atoms with Gasteiger partial charge in [0.1, 0.15) is 13.9 Å². The van der Waals surface area contributed by atoms with Gasteiger partial charge in [-0.05, 0) is 0 Å². The van der Waals surface area contributed by atoms with Gasteiger partial charge in [-0.25, -0.2) is 4.79 Å². The van der Waals surface area contributed by atoms with Gasteiger partial charge in [0, 0.05) is 0 Å². The molecule has 1 rings (SSSR count). The van der Waals surface area contributed by atoms with Crippen molar-refractivity contribution < 1.29 is 43.7 Å². The molecule has 0 aromatic carbocycles. The van der Waals surface area contributed by atoms with Crippen molar-refractivity contribution in [1.29, 1.82) is 0 Å². The van der Waals surface area contributed by atoms with Crippen molar-refractivity contribution >= 4 is 51.5 Å². The van der Waals surface area contributed by atoms with E-state index in [1.807, 2.05) is 0 Å². The molecule has 0 aliphatic carbocycles. The van der Waals surface area contributed by atoms with Gasteiger partial charge < -0.3 is 38.9 Å². The van der Waals surface area contributed by atoms with Crippen molar-refractivity contribution in [1.82, 2.24) is 0 Å². The Kier molecular flexibility index (Phi) is 6.40. The summed E-state index contributed by atoms with van der Waals surface area (Å²) in [5.74, 6) is -3.67. The molecule has 9 nitrogen and oxygen atoms in total. The van der Waals surface area contributed by atoms with E-state index in [1.165, 1.54) is 0 Å². The predicted octanol–water partition coefficient (Wildman–Crippen LogP) is -3.50. The van der Waals surface area contributed by atoms with E-state index < -0.39 is 44.1 Å². The summed E-state index contributed by atoms with van der Waals surface area (Å²) in [6, 6.07) is 0. The number of cyclic esters (lactones) is 1. The molecule has 2 unspecified atom stereocenters. The fourth-order valence-corrected chi connectivity index (χ4v) is 1.40. The zero-order valence-electron chi connectivity index (χ0n) is 8.31. The molecule has 1 aliphatic rings. The van der Waals surface area contributed by atoms with Crippen LogP contribution in [0.25, 0.3) is 0 Å². The van der Waals surface area contributed by atoms with Crippen molar-refractivity contribution in [3.63, 3.8) is 0 Å². The van der Waals surface area contributed by atoms with Gasteiger partial charge in [0.15, 0.2) is 11.9 Å². The first-order valence-electron chi connectivity index (χ1n) is 3.91. The number of ether oxygens (including phenoxy) is 1. The fourth-order valence-electron chi connectivity index (χ4n) is 1.01. The number of carbonyl (C=O) groups is 1. The van der Waals surface area contributed by atoms with E-state index in [2.05, 4.69) is 9.26 Å². The number of phosphoric acid groups is 1. The molecule has 1 aliphatic heterocycles. The minimum Gasteiger partial charge on any atom is -0.780 e. The molecular formula is C6H7CaO9P. The third kappa shape index (κ3) is 4.38. The van der Waals surface area contributed by atoms with Crippen LogP contribution in [0.3, 0.4) is 0 Å². The Morgan fingerprint density at radius 3 is 2.47 bits per heavy atom. The molecule has 0 aromatic rings. The van der Waals surface area contributed by atoms with E-state index in [9.17, 15) is 24.3 Å². The second kappa shape index (κ2) is 6.35. The Morgan fingerprint density at radius 2 is 2.06 bits per heavy atom. The number of carbonyl (C=O) groups excluding carboxylic acids is 1. The van der Waals surface area contributed by atoms with Crippen LogP contribution < -0.4 is 9.79 Å². The van der Waals surface area contributed by atoms with Gasteiger partial charge in [-0.1, -0.05) is 0 Å². The third-order valence-electron chi connectivity index (χ3n) is 1.66. The van der Waals surface area contributed by atoms with E-state index >= 15 is 0 Å². The molecule has 0 fully saturated rings. The Bertz CT molecular complexity index is 374. The van der Waals surface area contributed by atoms with Crippen molar-refractivity contribution in [2.45, 2.75) is 12.2 Å². The summed E-state index contributed by atoms with van der Waals surface area (Å²) in [5.41, 5.74) is 0. The number of aliphatic hydroxyl groups is 3. The molecule has 17 heavy (non-hydrogen) atoms. The summed E-state index contributed by atoms with van der Waals surface area (Å²) in [4.78, 5) is 31.4. The number of hydrogen-bond donors (Lipinski definition) is 3. The van der Waals surface area contributed by atoms with Crippen LogP contribution in [0.5, 0.6) is 0 Å². The maximum atomic E-state index is 10.9. The summed E-state index contributed by atoms with van der Waals surface area (Å²) in [6.45, 7) is -0.846. The third-order valence-corrected chi connectivity index (χ3v) is 2.07. The zero-order valence-corrected chi connectivity index (χ0v) is 11.4. The topological polar surface area (TPSA) is 159 Å². The standard InChI is InChI=1S/C6H9O9P.Ca/c7-1-2(8)4-3(9)5(6(10)14-4)15-16(11,12)13;/h2,4,7-9H,1H2,(H2,11,12,13);/q;+2/p-2. The minimum absolute atomic E-state index is 0. The van der Waals surface area contributed by atoms with Crippen LogP contribution in [0.4, 0.5) is 0 Å². The minimum atomic E-state index is -5.52.